The van der Waals surface area contributed by atoms with Crippen molar-refractivity contribution < 1.29 is 13.2 Å². The van der Waals surface area contributed by atoms with E-state index in [2.05, 4.69) is 10.1 Å². The molecule has 0 spiro atoms. The molecule has 0 aliphatic rings. The van der Waals surface area contributed by atoms with Crippen molar-refractivity contribution >= 4 is 15.7 Å². The Kier molecular flexibility index (Phi) is 6.23. The lowest BCUT2D eigenvalue weighted by Gasteiger charge is -2.09. The van der Waals surface area contributed by atoms with Crippen LogP contribution in [0.1, 0.15) is 13.8 Å². The average Bonchev–Trinajstić information content (AvgIpc) is 2.38. The Balaban J connectivity index is 2.46. The number of anilines is 1. The quantitative estimate of drug-likeness (QED) is 0.375. The van der Waals surface area contributed by atoms with Crippen LogP contribution in [-0.4, -0.2) is 28.2 Å². The first kappa shape index (κ1) is 15.9. The average molecular weight is 287 g/mol. The second-order valence-electron chi connectivity index (χ2n) is 4.54. The number of ether oxygens (including phenoxy) is 1. The topological polar surface area (TPSA) is 93.4 Å². The number of nitrogens with one attached hydrogen (secondary N) is 2. The molecule has 0 amide bonds. The SMILES string of the molecule is CC(C)COCCNS(=O)(=O)c1ccc(NN)cc1. The highest BCUT2D eigenvalue weighted by molar-refractivity contribution is 7.89. The van der Waals surface area contributed by atoms with Gasteiger partial charge in [0, 0.05) is 18.8 Å². The zero-order valence-electron chi connectivity index (χ0n) is 11.2. The molecule has 7 heteroatoms. The Hall–Kier alpha value is -1.15. The number of rotatable bonds is 8. The summed E-state index contributed by atoms with van der Waals surface area (Å²) in [5.74, 6) is 5.65. The van der Waals surface area contributed by atoms with E-state index in [-0.39, 0.29) is 11.4 Å². The van der Waals surface area contributed by atoms with Gasteiger partial charge in [-0.2, -0.15) is 0 Å². The Morgan fingerprint density at radius 3 is 2.42 bits per heavy atom. The van der Waals surface area contributed by atoms with Gasteiger partial charge in [0.2, 0.25) is 10.0 Å². The first-order valence-electron chi connectivity index (χ1n) is 6.10. The van der Waals surface area contributed by atoms with Crippen molar-refractivity contribution in [1.82, 2.24) is 4.72 Å². The summed E-state index contributed by atoms with van der Waals surface area (Å²) < 4.78 is 31.6. The van der Waals surface area contributed by atoms with E-state index < -0.39 is 10.0 Å². The minimum absolute atomic E-state index is 0.204. The zero-order valence-corrected chi connectivity index (χ0v) is 12.0. The number of benzene rings is 1. The molecule has 19 heavy (non-hydrogen) atoms. The second-order valence-corrected chi connectivity index (χ2v) is 6.30. The van der Waals surface area contributed by atoms with Crippen molar-refractivity contribution in [3.05, 3.63) is 24.3 Å². The Morgan fingerprint density at radius 1 is 1.26 bits per heavy atom. The van der Waals surface area contributed by atoms with Crippen LogP contribution in [0.4, 0.5) is 5.69 Å². The predicted molar refractivity (Wildman–Crippen MR) is 75.1 cm³/mol. The summed E-state index contributed by atoms with van der Waals surface area (Å²) in [6, 6.07) is 6.19. The fourth-order valence-corrected chi connectivity index (χ4v) is 2.39. The van der Waals surface area contributed by atoms with Crippen molar-refractivity contribution in [2.45, 2.75) is 18.7 Å². The molecule has 0 heterocycles. The minimum Gasteiger partial charge on any atom is -0.380 e. The number of hydrazine groups is 1. The van der Waals surface area contributed by atoms with Crippen LogP contribution in [0.2, 0.25) is 0 Å². The van der Waals surface area contributed by atoms with E-state index in [0.29, 0.717) is 24.8 Å². The standard InChI is InChI=1S/C12H21N3O3S/c1-10(2)9-18-8-7-14-19(16,17)12-5-3-11(15-13)4-6-12/h3-6,10,14-15H,7-9,13H2,1-2H3. The normalized spacial score (nSPS) is 11.8. The van der Waals surface area contributed by atoms with Crippen LogP contribution in [0.3, 0.4) is 0 Å². The molecule has 0 fully saturated rings. The predicted octanol–water partition coefficient (Wildman–Crippen LogP) is 0.923. The van der Waals surface area contributed by atoms with E-state index in [9.17, 15) is 8.42 Å². The van der Waals surface area contributed by atoms with Crippen LogP contribution in [0.15, 0.2) is 29.2 Å². The molecule has 0 bridgehead atoms. The lowest BCUT2D eigenvalue weighted by Crippen LogP contribution is -2.27. The molecule has 0 radical (unpaired) electrons. The van der Waals surface area contributed by atoms with Crippen molar-refractivity contribution in [3.8, 4) is 0 Å². The van der Waals surface area contributed by atoms with Crippen LogP contribution in [-0.2, 0) is 14.8 Å². The molecule has 0 aliphatic heterocycles. The largest absolute Gasteiger partial charge is 0.380 e. The first-order valence-corrected chi connectivity index (χ1v) is 7.58. The number of nitrogen functional groups attached to an aromatic ring is 1. The highest BCUT2D eigenvalue weighted by atomic mass is 32.2. The molecule has 6 nitrogen and oxygen atoms in total. The summed E-state index contributed by atoms with van der Waals surface area (Å²) in [6.45, 7) is 5.32. The van der Waals surface area contributed by atoms with Gasteiger partial charge in [-0.15, -0.1) is 0 Å². The zero-order chi connectivity index (χ0) is 14.3. The van der Waals surface area contributed by atoms with Crippen LogP contribution >= 0.6 is 0 Å². The maximum atomic E-state index is 11.9. The number of nitrogens with two attached hydrogens (primary N) is 1. The maximum absolute atomic E-state index is 11.9. The summed E-state index contributed by atoms with van der Waals surface area (Å²) >= 11 is 0. The van der Waals surface area contributed by atoms with Gasteiger partial charge in [-0.3, -0.25) is 5.84 Å². The van der Waals surface area contributed by atoms with Gasteiger partial charge >= 0.3 is 0 Å². The fourth-order valence-electron chi connectivity index (χ4n) is 1.38. The highest BCUT2D eigenvalue weighted by Gasteiger charge is 2.12. The van der Waals surface area contributed by atoms with Crippen molar-refractivity contribution in [2.75, 3.05) is 25.2 Å². The van der Waals surface area contributed by atoms with Crippen molar-refractivity contribution in [1.29, 1.82) is 0 Å². The lowest BCUT2D eigenvalue weighted by atomic mass is 10.2. The molecule has 0 aliphatic carbocycles. The van der Waals surface area contributed by atoms with Gasteiger partial charge in [0.1, 0.15) is 0 Å². The van der Waals surface area contributed by atoms with Gasteiger partial charge < -0.3 is 10.2 Å². The molecule has 0 saturated carbocycles. The third-order valence-electron chi connectivity index (χ3n) is 2.32. The molecule has 0 saturated heterocycles. The monoisotopic (exact) mass is 287 g/mol. The van der Waals surface area contributed by atoms with Gasteiger partial charge in [0.25, 0.3) is 0 Å². The minimum atomic E-state index is -3.48. The number of sulfonamides is 1. The van der Waals surface area contributed by atoms with Crippen LogP contribution < -0.4 is 16.0 Å². The molecule has 1 rings (SSSR count). The van der Waals surface area contributed by atoms with Gasteiger partial charge in [0.15, 0.2) is 0 Å². The van der Waals surface area contributed by atoms with Crippen molar-refractivity contribution in [2.24, 2.45) is 11.8 Å². The van der Waals surface area contributed by atoms with E-state index in [1.165, 1.54) is 12.1 Å². The van der Waals surface area contributed by atoms with E-state index in [1.54, 1.807) is 12.1 Å². The summed E-state index contributed by atoms with van der Waals surface area (Å²) in [5, 5.41) is 0. The Bertz CT molecular complexity index is 471. The highest BCUT2D eigenvalue weighted by Crippen LogP contribution is 2.12. The molecule has 0 unspecified atom stereocenters. The maximum Gasteiger partial charge on any atom is 0.240 e. The molecule has 0 aromatic heterocycles. The smallest absolute Gasteiger partial charge is 0.240 e. The van der Waals surface area contributed by atoms with E-state index in [0.717, 1.165) is 0 Å². The van der Waals surface area contributed by atoms with Crippen molar-refractivity contribution in [3.63, 3.8) is 0 Å². The molecule has 1 aromatic rings. The Labute approximate surface area is 114 Å². The summed E-state index contributed by atoms with van der Waals surface area (Å²) in [7, 11) is -3.48. The summed E-state index contributed by atoms with van der Waals surface area (Å²) in [4.78, 5) is 0.204. The first-order chi connectivity index (χ1) is 8.95. The molecule has 0 atom stereocenters. The van der Waals surface area contributed by atoms with Crippen LogP contribution in [0.5, 0.6) is 0 Å². The second kappa shape index (κ2) is 7.44. The third-order valence-corrected chi connectivity index (χ3v) is 3.80. The molecule has 108 valence electrons. The molecular weight excluding hydrogens is 266 g/mol. The van der Waals surface area contributed by atoms with E-state index in [4.69, 9.17) is 10.6 Å². The Morgan fingerprint density at radius 2 is 1.89 bits per heavy atom. The van der Waals surface area contributed by atoms with Gasteiger partial charge in [-0.05, 0) is 30.2 Å². The van der Waals surface area contributed by atoms with Gasteiger partial charge in [0.05, 0.1) is 11.5 Å². The summed E-state index contributed by atoms with van der Waals surface area (Å²) in [6.07, 6.45) is 0. The van der Waals surface area contributed by atoms with E-state index in [1.807, 2.05) is 13.8 Å². The van der Waals surface area contributed by atoms with E-state index >= 15 is 0 Å². The van der Waals surface area contributed by atoms with Gasteiger partial charge in [-0.25, -0.2) is 13.1 Å². The molecule has 4 N–H and O–H groups in total. The summed E-state index contributed by atoms with van der Waals surface area (Å²) in [5.41, 5.74) is 3.09. The number of hydrogen-bond acceptors (Lipinski definition) is 5. The molecular formula is C12H21N3O3S. The molecule has 1 aromatic carbocycles. The third kappa shape index (κ3) is 5.56. The van der Waals surface area contributed by atoms with Crippen LogP contribution in [0.25, 0.3) is 0 Å². The lowest BCUT2D eigenvalue weighted by molar-refractivity contribution is 0.114. The fraction of sp³-hybridized carbons (Fsp3) is 0.500. The van der Waals surface area contributed by atoms with Gasteiger partial charge in [-0.1, -0.05) is 13.8 Å². The number of hydrogen-bond donors (Lipinski definition) is 3. The van der Waals surface area contributed by atoms with Crippen LogP contribution in [0, 0.1) is 5.92 Å².